The van der Waals surface area contributed by atoms with E-state index in [1.54, 1.807) is 11.0 Å². The zero-order chi connectivity index (χ0) is 16.1. The number of rotatable bonds is 5. The second-order valence-electron chi connectivity index (χ2n) is 5.48. The fourth-order valence-corrected chi connectivity index (χ4v) is 3.69. The van der Waals surface area contributed by atoms with Crippen molar-refractivity contribution in [2.45, 2.75) is 18.9 Å². The molecule has 1 atom stereocenters. The van der Waals surface area contributed by atoms with Crippen LogP contribution in [0.25, 0.3) is 0 Å². The number of tetrazole rings is 1. The van der Waals surface area contributed by atoms with Gasteiger partial charge < -0.3 is 4.90 Å². The number of halogens is 1. The molecule has 2 aromatic rings. The third-order valence-corrected chi connectivity index (χ3v) is 5.12. The van der Waals surface area contributed by atoms with E-state index in [2.05, 4.69) is 15.5 Å². The van der Waals surface area contributed by atoms with E-state index in [1.807, 2.05) is 40.9 Å². The van der Waals surface area contributed by atoms with Gasteiger partial charge in [0, 0.05) is 42.0 Å². The first-order chi connectivity index (χ1) is 11.2. The molecule has 1 saturated heterocycles. The summed E-state index contributed by atoms with van der Waals surface area (Å²) in [6.07, 6.45) is 2.02. The minimum Gasteiger partial charge on any atom is -0.341 e. The van der Waals surface area contributed by atoms with Crippen molar-refractivity contribution in [3.05, 3.63) is 41.2 Å². The van der Waals surface area contributed by atoms with E-state index in [0.717, 1.165) is 30.2 Å². The summed E-state index contributed by atoms with van der Waals surface area (Å²) in [5, 5.41) is 11.9. The quantitative estimate of drug-likeness (QED) is 0.825. The van der Waals surface area contributed by atoms with E-state index in [4.69, 9.17) is 11.6 Å². The molecule has 2 heterocycles. The summed E-state index contributed by atoms with van der Waals surface area (Å²) in [7, 11) is 0. The van der Waals surface area contributed by atoms with Gasteiger partial charge in [0.05, 0.1) is 6.54 Å². The maximum absolute atomic E-state index is 12.6. The van der Waals surface area contributed by atoms with E-state index in [9.17, 15) is 4.79 Å². The van der Waals surface area contributed by atoms with Gasteiger partial charge >= 0.3 is 0 Å². The molecule has 8 heteroatoms. The number of nitrogens with zero attached hydrogens (tertiary/aromatic N) is 5. The van der Waals surface area contributed by atoms with Crippen LogP contribution < -0.4 is 0 Å². The number of benzene rings is 1. The van der Waals surface area contributed by atoms with Gasteiger partial charge in [-0.25, -0.2) is 4.68 Å². The number of amides is 1. The number of carbonyl (C=O) groups is 1. The molecule has 0 saturated carbocycles. The Morgan fingerprint density at radius 1 is 1.26 bits per heavy atom. The second kappa shape index (κ2) is 7.79. The number of carbonyl (C=O) groups excluding carboxylic acids is 1. The molecular weight excluding hydrogens is 334 g/mol. The first-order valence-electron chi connectivity index (χ1n) is 7.54. The lowest BCUT2D eigenvalue weighted by Crippen LogP contribution is -2.38. The van der Waals surface area contributed by atoms with Crippen molar-refractivity contribution >= 4 is 29.3 Å². The van der Waals surface area contributed by atoms with Gasteiger partial charge in [-0.1, -0.05) is 23.7 Å². The smallest absolute Gasteiger partial charge is 0.223 e. The van der Waals surface area contributed by atoms with Gasteiger partial charge in [0.15, 0.2) is 0 Å². The van der Waals surface area contributed by atoms with E-state index in [-0.39, 0.29) is 11.8 Å². The van der Waals surface area contributed by atoms with Crippen molar-refractivity contribution < 1.29 is 4.79 Å². The van der Waals surface area contributed by atoms with Crippen LogP contribution in [0.2, 0.25) is 5.02 Å². The van der Waals surface area contributed by atoms with Gasteiger partial charge in [0.25, 0.3) is 0 Å². The summed E-state index contributed by atoms with van der Waals surface area (Å²) in [6, 6.07) is 7.64. The highest BCUT2D eigenvalue weighted by atomic mass is 35.5. The molecule has 1 fully saturated rings. The molecule has 23 heavy (non-hydrogen) atoms. The largest absolute Gasteiger partial charge is 0.341 e. The SMILES string of the molecule is O=C(C[C@H](Cn1cnnn1)c1ccc(Cl)cc1)N1CCSCC1. The Morgan fingerprint density at radius 3 is 2.65 bits per heavy atom. The minimum absolute atomic E-state index is 0.0258. The molecule has 3 rings (SSSR count). The number of hydrogen-bond acceptors (Lipinski definition) is 5. The Morgan fingerprint density at radius 2 is 2.00 bits per heavy atom. The number of aromatic nitrogens is 4. The van der Waals surface area contributed by atoms with Crippen LogP contribution in [0.5, 0.6) is 0 Å². The Labute approximate surface area is 144 Å². The number of hydrogen-bond donors (Lipinski definition) is 0. The van der Waals surface area contributed by atoms with Crippen LogP contribution >= 0.6 is 23.4 Å². The highest BCUT2D eigenvalue weighted by molar-refractivity contribution is 7.99. The standard InChI is InChI=1S/C15H18ClN5OS/c16-14-3-1-12(2-4-14)13(10-21-11-17-18-19-21)9-15(22)20-5-7-23-8-6-20/h1-4,11,13H,5-10H2/t13-/m1/s1. The third-order valence-electron chi connectivity index (χ3n) is 3.93. The molecule has 1 aliphatic rings. The summed E-state index contributed by atoms with van der Waals surface area (Å²) in [5.74, 6) is 2.26. The Kier molecular flexibility index (Phi) is 5.51. The van der Waals surface area contributed by atoms with Crippen LogP contribution in [0, 0.1) is 0 Å². The molecule has 0 aliphatic carbocycles. The van der Waals surface area contributed by atoms with Crippen molar-refractivity contribution in [1.82, 2.24) is 25.1 Å². The van der Waals surface area contributed by atoms with E-state index in [1.165, 1.54) is 0 Å². The monoisotopic (exact) mass is 351 g/mol. The first kappa shape index (κ1) is 16.3. The molecular formula is C15H18ClN5OS. The molecule has 0 N–H and O–H groups in total. The van der Waals surface area contributed by atoms with Crippen LogP contribution in [0.15, 0.2) is 30.6 Å². The first-order valence-corrected chi connectivity index (χ1v) is 9.07. The van der Waals surface area contributed by atoms with Crippen LogP contribution in [-0.4, -0.2) is 55.6 Å². The summed E-state index contributed by atoms with van der Waals surface area (Å²) in [6.45, 7) is 2.24. The molecule has 0 spiro atoms. The topological polar surface area (TPSA) is 63.9 Å². The highest BCUT2D eigenvalue weighted by Gasteiger charge is 2.23. The van der Waals surface area contributed by atoms with Gasteiger partial charge in [-0.3, -0.25) is 4.79 Å². The van der Waals surface area contributed by atoms with Crippen LogP contribution in [0.4, 0.5) is 0 Å². The van der Waals surface area contributed by atoms with Crippen molar-refractivity contribution in [2.24, 2.45) is 0 Å². The van der Waals surface area contributed by atoms with Crippen LogP contribution in [-0.2, 0) is 11.3 Å². The zero-order valence-corrected chi connectivity index (χ0v) is 14.2. The predicted molar refractivity (Wildman–Crippen MR) is 90.5 cm³/mol. The molecule has 0 unspecified atom stereocenters. The summed E-state index contributed by atoms with van der Waals surface area (Å²) < 4.78 is 1.67. The average molecular weight is 352 g/mol. The molecule has 1 aromatic carbocycles. The molecule has 0 radical (unpaired) electrons. The fourth-order valence-electron chi connectivity index (χ4n) is 2.67. The fraction of sp³-hybridized carbons (Fsp3) is 0.467. The van der Waals surface area contributed by atoms with E-state index >= 15 is 0 Å². The minimum atomic E-state index is 0.0258. The summed E-state index contributed by atoms with van der Waals surface area (Å²) >= 11 is 7.87. The van der Waals surface area contributed by atoms with Crippen LogP contribution in [0.1, 0.15) is 17.9 Å². The Balaban J connectivity index is 1.74. The van der Waals surface area contributed by atoms with Gasteiger partial charge in [0.1, 0.15) is 6.33 Å². The Hall–Kier alpha value is -1.60. The van der Waals surface area contributed by atoms with Crippen molar-refractivity contribution in [3.63, 3.8) is 0 Å². The third kappa shape index (κ3) is 4.45. The van der Waals surface area contributed by atoms with E-state index < -0.39 is 0 Å². The molecule has 1 aromatic heterocycles. The average Bonchev–Trinajstić information content (AvgIpc) is 3.09. The van der Waals surface area contributed by atoms with Crippen molar-refractivity contribution in [3.8, 4) is 0 Å². The maximum Gasteiger partial charge on any atom is 0.223 e. The summed E-state index contributed by atoms with van der Waals surface area (Å²) in [5.41, 5.74) is 1.07. The normalized spacial score (nSPS) is 16.3. The lowest BCUT2D eigenvalue weighted by Gasteiger charge is -2.28. The van der Waals surface area contributed by atoms with Gasteiger partial charge in [0.2, 0.25) is 5.91 Å². The molecule has 0 bridgehead atoms. The van der Waals surface area contributed by atoms with Gasteiger partial charge in [-0.15, -0.1) is 5.10 Å². The Bertz CT molecular complexity index is 628. The second-order valence-corrected chi connectivity index (χ2v) is 7.14. The number of thioether (sulfide) groups is 1. The molecule has 122 valence electrons. The van der Waals surface area contributed by atoms with Gasteiger partial charge in [-0.05, 0) is 28.1 Å². The molecule has 6 nitrogen and oxygen atoms in total. The lowest BCUT2D eigenvalue weighted by atomic mass is 9.95. The summed E-state index contributed by atoms with van der Waals surface area (Å²) in [4.78, 5) is 14.6. The van der Waals surface area contributed by atoms with Crippen molar-refractivity contribution in [2.75, 3.05) is 24.6 Å². The van der Waals surface area contributed by atoms with E-state index in [0.29, 0.717) is 18.0 Å². The molecule has 1 aliphatic heterocycles. The predicted octanol–water partition coefficient (Wildman–Crippen LogP) is 2.08. The van der Waals surface area contributed by atoms with Gasteiger partial charge in [-0.2, -0.15) is 11.8 Å². The maximum atomic E-state index is 12.6. The molecule has 1 amide bonds. The lowest BCUT2D eigenvalue weighted by molar-refractivity contribution is -0.131. The highest BCUT2D eigenvalue weighted by Crippen LogP contribution is 2.25. The van der Waals surface area contributed by atoms with Crippen LogP contribution in [0.3, 0.4) is 0 Å². The van der Waals surface area contributed by atoms with Crippen molar-refractivity contribution in [1.29, 1.82) is 0 Å². The zero-order valence-electron chi connectivity index (χ0n) is 12.6.